The molecule has 0 radical (unpaired) electrons. The molecule has 4 heteroatoms. The third-order valence-electron chi connectivity index (χ3n) is 3.66. The predicted molar refractivity (Wildman–Crippen MR) is 80.3 cm³/mol. The number of nitrogens with zero attached hydrogens (tertiary/aromatic N) is 1. The zero-order chi connectivity index (χ0) is 14.3. The van der Waals surface area contributed by atoms with E-state index in [1.54, 1.807) is 11.3 Å². The quantitative estimate of drug-likeness (QED) is 0.777. The predicted octanol–water partition coefficient (Wildman–Crippen LogP) is 3.88. The molecule has 0 aliphatic carbocycles. The van der Waals surface area contributed by atoms with Crippen LogP contribution >= 0.6 is 0 Å². The van der Waals surface area contributed by atoms with E-state index in [9.17, 15) is 4.32 Å². The maximum atomic E-state index is 13.9. The van der Waals surface area contributed by atoms with Crippen LogP contribution in [0.15, 0.2) is 23.4 Å². The highest BCUT2D eigenvalue weighted by atomic mass is 19.1. The van der Waals surface area contributed by atoms with Crippen molar-refractivity contribution in [3.63, 3.8) is 0 Å². The fourth-order valence-corrected chi connectivity index (χ4v) is 2.99. The molecule has 0 saturated heterocycles. The Labute approximate surface area is 114 Å². The van der Waals surface area contributed by atoms with Crippen molar-refractivity contribution in [3.05, 3.63) is 40.4 Å². The second-order valence-corrected chi connectivity index (χ2v) is 5.40. The van der Waals surface area contributed by atoms with E-state index >= 15 is 0 Å². The van der Waals surface area contributed by atoms with Crippen molar-refractivity contribution in [2.24, 2.45) is 0 Å². The molecular weight excluding hydrogens is 238 g/mol. The van der Waals surface area contributed by atoms with Gasteiger partial charge in [-0.15, -0.1) is 0 Å². The first-order chi connectivity index (χ1) is 8.82. The van der Waals surface area contributed by atoms with Gasteiger partial charge in [-0.1, -0.05) is 0 Å². The highest BCUT2D eigenvalue weighted by Crippen LogP contribution is 2.30. The Morgan fingerprint density at radius 3 is 2.37 bits per heavy atom. The number of aromatic nitrogens is 1. The molecule has 2 nitrogen and oxygen atoms in total. The standard InChI is InChI=1S/C15H20BFN2/c1-9-7-11(3)18-14(9)13(5)15-10(2)8-12(4)19(15)16(6)17/h7-8H,1-6H3/p+1. The van der Waals surface area contributed by atoms with Gasteiger partial charge in [0.25, 0.3) is 0 Å². The van der Waals surface area contributed by atoms with Crippen molar-refractivity contribution in [1.82, 2.24) is 4.98 Å². The number of aryl methyl sites for hydroxylation is 2. The van der Waals surface area contributed by atoms with E-state index in [1.165, 1.54) is 5.56 Å². The monoisotopic (exact) mass is 259 g/mol. The van der Waals surface area contributed by atoms with Crippen molar-refractivity contribution in [2.45, 2.75) is 41.4 Å². The second kappa shape index (κ2) is 4.84. The first-order valence-electron chi connectivity index (χ1n) is 6.66. The summed E-state index contributed by atoms with van der Waals surface area (Å²) in [6.07, 6.45) is 2.04. The van der Waals surface area contributed by atoms with Crippen LogP contribution in [0.2, 0.25) is 6.82 Å². The molecule has 0 bridgehead atoms. The van der Waals surface area contributed by atoms with Crippen LogP contribution in [0.5, 0.6) is 0 Å². The van der Waals surface area contributed by atoms with Crippen LogP contribution in [0.4, 0.5) is 4.32 Å². The summed E-state index contributed by atoms with van der Waals surface area (Å²) in [6, 6.07) is 2.12. The van der Waals surface area contributed by atoms with Gasteiger partial charge in [0.1, 0.15) is 0 Å². The minimum atomic E-state index is -1.02. The molecule has 0 fully saturated rings. The van der Waals surface area contributed by atoms with Crippen molar-refractivity contribution >= 4 is 18.4 Å². The van der Waals surface area contributed by atoms with Gasteiger partial charge in [-0.3, -0.25) is 0 Å². The van der Waals surface area contributed by atoms with Gasteiger partial charge < -0.3 is 4.98 Å². The minimum absolute atomic E-state index is 0.961. The number of halogens is 1. The van der Waals surface area contributed by atoms with Gasteiger partial charge in [-0.25, -0.2) is 8.80 Å². The summed E-state index contributed by atoms with van der Waals surface area (Å²) < 4.78 is 15.7. The van der Waals surface area contributed by atoms with E-state index in [4.69, 9.17) is 0 Å². The number of allylic oxidation sites excluding steroid dienone is 3. The molecule has 19 heavy (non-hydrogen) atoms. The lowest BCUT2D eigenvalue weighted by Gasteiger charge is -2.08. The van der Waals surface area contributed by atoms with Crippen LogP contribution in [0.3, 0.4) is 0 Å². The summed E-state index contributed by atoms with van der Waals surface area (Å²) in [5.41, 5.74) is 7.59. The zero-order valence-corrected chi connectivity index (χ0v) is 12.6. The average molecular weight is 259 g/mol. The molecule has 0 unspecified atom stereocenters. The van der Waals surface area contributed by atoms with Gasteiger partial charge in [-0.2, -0.15) is 0 Å². The zero-order valence-electron chi connectivity index (χ0n) is 12.6. The molecular formula is C15H21BFN2+. The highest BCUT2D eigenvalue weighted by Gasteiger charge is 2.37. The molecule has 1 aliphatic rings. The summed E-state index contributed by atoms with van der Waals surface area (Å²) in [5, 5.41) is 0. The van der Waals surface area contributed by atoms with E-state index in [1.807, 2.05) is 26.8 Å². The largest absolute Gasteiger partial charge is 0.696 e. The number of H-pyrrole nitrogens is 1. The van der Waals surface area contributed by atoms with Crippen molar-refractivity contribution < 1.29 is 8.80 Å². The number of nitrogens with one attached hydrogen (secondary N) is 1. The molecule has 1 N–H and O–H groups in total. The van der Waals surface area contributed by atoms with Crippen LogP contribution in [0, 0.1) is 13.8 Å². The normalized spacial score (nSPS) is 17.9. The Bertz CT molecular complexity index is 618. The third-order valence-corrected chi connectivity index (χ3v) is 3.66. The fourth-order valence-electron chi connectivity index (χ4n) is 2.99. The molecule has 1 aliphatic heterocycles. The van der Waals surface area contributed by atoms with Crippen LogP contribution < -0.4 is 0 Å². The Morgan fingerprint density at radius 2 is 1.89 bits per heavy atom. The molecule has 0 aromatic carbocycles. The first kappa shape index (κ1) is 13.8. The van der Waals surface area contributed by atoms with Crippen LogP contribution in [-0.2, 0) is 0 Å². The average Bonchev–Trinajstić information content (AvgIpc) is 2.77. The van der Waals surface area contributed by atoms with Crippen molar-refractivity contribution in [2.75, 3.05) is 0 Å². The lowest BCUT2D eigenvalue weighted by Crippen LogP contribution is -2.25. The van der Waals surface area contributed by atoms with Gasteiger partial charge in [0, 0.05) is 36.7 Å². The minimum Gasteiger partial charge on any atom is -0.359 e. The van der Waals surface area contributed by atoms with E-state index in [0.717, 1.165) is 33.9 Å². The Hall–Kier alpha value is -1.58. The number of rotatable bonds is 2. The summed E-state index contributed by atoms with van der Waals surface area (Å²) >= 11 is 0. The topological polar surface area (TPSA) is 18.8 Å². The van der Waals surface area contributed by atoms with Gasteiger partial charge in [-0.05, 0) is 39.3 Å². The summed E-state index contributed by atoms with van der Waals surface area (Å²) in [4.78, 5) is 3.37. The fraction of sp³-hybridized carbons (Fsp3) is 0.400. The summed E-state index contributed by atoms with van der Waals surface area (Å²) in [5.74, 6) is 0. The Morgan fingerprint density at radius 1 is 1.26 bits per heavy atom. The van der Waals surface area contributed by atoms with Crippen LogP contribution in [0.1, 0.15) is 37.7 Å². The van der Waals surface area contributed by atoms with E-state index < -0.39 is 7.12 Å². The van der Waals surface area contributed by atoms with Gasteiger partial charge in [0.05, 0.1) is 5.69 Å². The molecule has 1 aromatic heterocycles. The lowest BCUT2D eigenvalue weighted by atomic mass is 9.88. The molecule has 100 valence electrons. The molecule has 0 saturated carbocycles. The van der Waals surface area contributed by atoms with Crippen LogP contribution in [0.25, 0.3) is 5.57 Å². The summed E-state index contributed by atoms with van der Waals surface area (Å²) in [6.45, 7) is 11.7. The molecule has 0 amide bonds. The van der Waals surface area contributed by atoms with Gasteiger partial charge in [0.15, 0.2) is 11.4 Å². The van der Waals surface area contributed by atoms with E-state index in [-0.39, 0.29) is 0 Å². The SMILES string of the molecule is CB(F)[N+]1=C(C)C=C(C)/C1=C(\C)c1[nH]c(C)cc1C. The molecule has 2 heterocycles. The number of aromatic amines is 1. The Kier molecular flexibility index (Phi) is 3.53. The third kappa shape index (κ3) is 2.31. The molecule has 1 aromatic rings. The van der Waals surface area contributed by atoms with Crippen molar-refractivity contribution in [3.8, 4) is 0 Å². The number of hydrogen-bond acceptors (Lipinski definition) is 0. The maximum absolute atomic E-state index is 13.9. The highest BCUT2D eigenvalue weighted by molar-refractivity contribution is 6.42. The molecule has 0 atom stereocenters. The van der Waals surface area contributed by atoms with Gasteiger partial charge >= 0.3 is 7.12 Å². The van der Waals surface area contributed by atoms with Crippen LogP contribution in [-0.4, -0.2) is 22.3 Å². The second-order valence-electron chi connectivity index (χ2n) is 5.40. The molecule has 0 spiro atoms. The smallest absolute Gasteiger partial charge is 0.359 e. The molecule has 2 rings (SSSR count). The van der Waals surface area contributed by atoms with E-state index in [0.29, 0.717) is 0 Å². The summed E-state index contributed by atoms with van der Waals surface area (Å²) in [7, 11) is -1.02. The first-order valence-corrected chi connectivity index (χ1v) is 6.66. The van der Waals surface area contributed by atoms with Crippen molar-refractivity contribution in [1.29, 1.82) is 0 Å². The number of hydrogen-bond donors (Lipinski definition) is 1. The lowest BCUT2D eigenvalue weighted by molar-refractivity contribution is -0.330. The Balaban J connectivity index is 2.64. The van der Waals surface area contributed by atoms with Gasteiger partial charge in [0.2, 0.25) is 0 Å². The maximum Gasteiger partial charge on any atom is 0.696 e. The van der Waals surface area contributed by atoms with E-state index in [2.05, 4.69) is 24.9 Å².